The van der Waals surface area contributed by atoms with Crippen LogP contribution in [0.4, 0.5) is 0 Å². The third kappa shape index (κ3) is 52.7. The van der Waals surface area contributed by atoms with Crippen molar-refractivity contribution in [2.24, 2.45) is 0 Å². The Kier molecular flexibility index (Phi) is 53.8. The van der Waals surface area contributed by atoms with Crippen LogP contribution in [-0.4, -0.2) is 37.9 Å². The number of carbonyl (C=O) groups is 2. The van der Waals surface area contributed by atoms with Crippen LogP contribution in [-0.2, 0) is 23.8 Å². The first-order valence-electron chi connectivity index (χ1n) is 28.5. The fourth-order valence-corrected chi connectivity index (χ4v) is 8.47. The predicted molar refractivity (Wildman–Crippen MR) is 279 cm³/mol. The normalized spacial score (nSPS) is 12.4. The van der Waals surface area contributed by atoms with Crippen molar-refractivity contribution in [3.05, 3.63) is 36.5 Å². The topological polar surface area (TPSA) is 61.8 Å². The zero-order valence-electron chi connectivity index (χ0n) is 43.3. The molecule has 0 aromatic heterocycles. The second-order valence-corrected chi connectivity index (χ2v) is 19.2. The third-order valence-corrected chi connectivity index (χ3v) is 12.7. The maximum Gasteiger partial charge on any atom is 0.306 e. The Balaban J connectivity index is 4.20. The highest BCUT2D eigenvalue weighted by Gasteiger charge is 2.17. The lowest BCUT2D eigenvalue weighted by molar-refractivity contribution is -0.163. The number of unbranched alkanes of at least 4 members (excludes halogenated alkanes) is 36. The van der Waals surface area contributed by atoms with Gasteiger partial charge in [0.2, 0.25) is 0 Å². The Morgan fingerprint density at radius 1 is 0.359 bits per heavy atom. The molecule has 0 N–H and O–H groups in total. The van der Waals surface area contributed by atoms with Crippen molar-refractivity contribution in [2.45, 2.75) is 309 Å². The number of allylic oxidation sites excluding steroid dienone is 6. The molecule has 0 heterocycles. The summed E-state index contributed by atoms with van der Waals surface area (Å²) in [5, 5.41) is 0. The van der Waals surface area contributed by atoms with Crippen LogP contribution in [0.2, 0.25) is 0 Å². The first kappa shape index (κ1) is 62.1. The molecule has 1 unspecified atom stereocenters. The lowest BCUT2D eigenvalue weighted by atomic mass is 10.0. The Hall–Kier alpha value is -1.88. The van der Waals surface area contributed by atoms with Gasteiger partial charge in [0, 0.05) is 19.4 Å². The van der Waals surface area contributed by atoms with Crippen LogP contribution in [0.5, 0.6) is 0 Å². The van der Waals surface area contributed by atoms with E-state index < -0.39 is 6.10 Å². The highest BCUT2D eigenvalue weighted by Crippen LogP contribution is 2.17. The minimum absolute atomic E-state index is 0.0866. The van der Waals surface area contributed by atoms with Gasteiger partial charge in [0.25, 0.3) is 0 Å². The van der Waals surface area contributed by atoms with Crippen molar-refractivity contribution < 1.29 is 23.8 Å². The smallest absolute Gasteiger partial charge is 0.306 e. The second-order valence-electron chi connectivity index (χ2n) is 19.2. The molecule has 0 bridgehead atoms. The van der Waals surface area contributed by atoms with E-state index in [-0.39, 0.29) is 25.2 Å². The number of hydrogen-bond donors (Lipinski definition) is 0. The van der Waals surface area contributed by atoms with E-state index in [0.717, 1.165) is 64.2 Å². The zero-order valence-corrected chi connectivity index (χ0v) is 43.3. The lowest BCUT2D eigenvalue weighted by Crippen LogP contribution is -2.30. The van der Waals surface area contributed by atoms with E-state index in [4.69, 9.17) is 14.2 Å². The molecule has 0 rings (SSSR count). The number of rotatable bonds is 53. The number of carbonyl (C=O) groups excluding carboxylic acids is 2. The van der Waals surface area contributed by atoms with Gasteiger partial charge in [-0.05, 0) is 51.4 Å². The van der Waals surface area contributed by atoms with Crippen molar-refractivity contribution in [2.75, 3.05) is 19.8 Å². The van der Waals surface area contributed by atoms with Gasteiger partial charge in [0.1, 0.15) is 6.61 Å². The van der Waals surface area contributed by atoms with Gasteiger partial charge >= 0.3 is 11.9 Å². The molecule has 5 nitrogen and oxygen atoms in total. The number of esters is 2. The molecule has 64 heavy (non-hydrogen) atoms. The summed E-state index contributed by atoms with van der Waals surface area (Å²) >= 11 is 0. The summed E-state index contributed by atoms with van der Waals surface area (Å²) in [5.74, 6) is -0.384. The van der Waals surface area contributed by atoms with Crippen LogP contribution in [0.3, 0.4) is 0 Å². The Bertz CT molecular complexity index is 1020. The van der Waals surface area contributed by atoms with Crippen molar-refractivity contribution >= 4 is 11.9 Å². The quantitative estimate of drug-likeness (QED) is 0.0346. The molecule has 0 radical (unpaired) electrons. The van der Waals surface area contributed by atoms with E-state index >= 15 is 0 Å². The van der Waals surface area contributed by atoms with Crippen LogP contribution >= 0.6 is 0 Å². The molecule has 376 valence electrons. The summed E-state index contributed by atoms with van der Waals surface area (Å²) < 4.78 is 17.5. The molecule has 0 amide bonds. The standard InChI is InChI=1S/C59H110O5/c1-4-7-10-13-16-19-22-25-27-29-30-31-32-35-37-40-43-46-49-52-58(60)63-56-57(64-59(61)53-50-47-44-41-38-34-24-21-18-15-12-9-6-3)55-62-54-51-48-45-42-39-36-33-28-26-23-20-17-14-11-8-5-2/h8,11,17,20,26,28,57H,4-7,9-10,12-16,18-19,21-25,27,29-56H2,1-3H3/b11-8-,20-17-,28-26-. The molecule has 5 heteroatoms. The fraction of sp³-hybridized carbons (Fsp3) is 0.864. The fourth-order valence-electron chi connectivity index (χ4n) is 8.47. The first-order chi connectivity index (χ1) is 31.6. The highest BCUT2D eigenvalue weighted by molar-refractivity contribution is 5.70. The van der Waals surface area contributed by atoms with Gasteiger partial charge in [-0.2, -0.15) is 0 Å². The van der Waals surface area contributed by atoms with E-state index in [2.05, 4.69) is 57.2 Å². The molecule has 0 saturated carbocycles. The second kappa shape index (κ2) is 55.4. The van der Waals surface area contributed by atoms with Crippen LogP contribution in [0.25, 0.3) is 0 Å². The van der Waals surface area contributed by atoms with Crippen molar-refractivity contribution in [3.63, 3.8) is 0 Å². The van der Waals surface area contributed by atoms with Gasteiger partial charge in [0.15, 0.2) is 6.10 Å². The first-order valence-corrected chi connectivity index (χ1v) is 28.5. The van der Waals surface area contributed by atoms with E-state index in [1.165, 1.54) is 205 Å². The predicted octanol–water partition coefficient (Wildman–Crippen LogP) is 19.4. The van der Waals surface area contributed by atoms with Gasteiger partial charge in [-0.15, -0.1) is 0 Å². The Morgan fingerprint density at radius 2 is 0.703 bits per heavy atom. The lowest BCUT2D eigenvalue weighted by Gasteiger charge is -2.18. The third-order valence-electron chi connectivity index (χ3n) is 12.7. The minimum Gasteiger partial charge on any atom is -0.462 e. The summed E-state index contributed by atoms with van der Waals surface area (Å²) in [6.45, 7) is 7.75. The molecular formula is C59H110O5. The molecule has 0 aliphatic rings. The summed E-state index contributed by atoms with van der Waals surface area (Å²) in [6, 6.07) is 0. The summed E-state index contributed by atoms with van der Waals surface area (Å²) in [5.41, 5.74) is 0. The molecular weight excluding hydrogens is 789 g/mol. The van der Waals surface area contributed by atoms with Crippen LogP contribution in [0.15, 0.2) is 36.5 Å². The zero-order chi connectivity index (χ0) is 46.3. The van der Waals surface area contributed by atoms with Gasteiger partial charge < -0.3 is 14.2 Å². The van der Waals surface area contributed by atoms with Gasteiger partial charge in [0.05, 0.1) is 6.61 Å². The number of ether oxygens (including phenoxy) is 3. The van der Waals surface area contributed by atoms with Crippen molar-refractivity contribution in [1.82, 2.24) is 0 Å². The summed E-state index contributed by atoms with van der Waals surface area (Å²) in [6.07, 6.45) is 67.4. The molecule has 0 aromatic carbocycles. The maximum atomic E-state index is 12.8. The van der Waals surface area contributed by atoms with Crippen LogP contribution in [0.1, 0.15) is 303 Å². The number of hydrogen-bond acceptors (Lipinski definition) is 5. The van der Waals surface area contributed by atoms with Crippen LogP contribution in [0, 0.1) is 0 Å². The average Bonchev–Trinajstić information content (AvgIpc) is 3.30. The molecule has 0 spiro atoms. The monoisotopic (exact) mass is 899 g/mol. The molecule has 0 aromatic rings. The highest BCUT2D eigenvalue weighted by atomic mass is 16.6. The van der Waals surface area contributed by atoms with Gasteiger partial charge in [-0.3, -0.25) is 9.59 Å². The summed E-state index contributed by atoms with van der Waals surface area (Å²) in [4.78, 5) is 25.5. The average molecular weight is 900 g/mol. The van der Waals surface area contributed by atoms with E-state index in [0.29, 0.717) is 19.4 Å². The van der Waals surface area contributed by atoms with E-state index in [1.807, 2.05) is 0 Å². The summed E-state index contributed by atoms with van der Waals surface area (Å²) in [7, 11) is 0. The largest absolute Gasteiger partial charge is 0.462 e. The van der Waals surface area contributed by atoms with Crippen molar-refractivity contribution in [3.8, 4) is 0 Å². The Labute approximate surface area is 400 Å². The minimum atomic E-state index is -0.537. The molecule has 0 aliphatic heterocycles. The van der Waals surface area contributed by atoms with Gasteiger partial charge in [-0.25, -0.2) is 0 Å². The molecule has 0 fully saturated rings. The maximum absolute atomic E-state index is 12.8. The van der Waals surface area contributed by atoms with Crippen LogP contribution < -0.4 is 0 Å². The SMILES string of the molecule is CC/C=C\C/C=C\C/C=C\CCCCCCCCOCC(COC(=O)CCCCCCCCCCCCCCCCCCCCC)OC(=O)CCCCCCCCCCCCCCC. The molecule has 1 atom stereocenters. The van der Waals surface area contributed by atoms with E-state index in [1.54, 1.807) is 0 Å². The van der Waals surface area contributed by atoms with E-state index in [9.17, 15) is 9.59 Å². The molecule has 0 aliphatic carbocycles. The Morgan fingerprint density at radius 3 is 1.12 bits per heavy atom. The van der Waals surface area contributed by atoms with Crippen molar-refractivity contribution in [1.29, 1.82) is 0 Å². The molecule has 0 saturated heterocycles. The van der Waals surface area contributed by atoms with Gasteiger partial charge in [-0.1, -0.05) is 276 Å².